The maximum absolute atomic E-state index is 12.6. The number of hydrogen-bond donors (Lipinski definition) is 0. The van der Waals surface area contributed by atoms with Crippen LogP contribution in [0.25, 0.3) is 0 Å². The van der Waals surface area contributed by atoms with Crippen LogP contribution in [-0.2, 0) is 9.63 Å². The van der Waals surface area contributed by atoms with E-state index in [1.54, 1.807) is 6.92 Å². The predicted molar refractivity (Wildman–Crippen MR) is 82.4 cm³/mol. The van der Waals surface area contributed by atoms with Gasteiger partial charge in [-0.05, 0) is 19.8 Å². The molecule has 1 aromatic heterocycles. The van der Waals surface area contributed by atoms with Crippen molar-refractivity contribution in [2.24, 2.45) is 0 Å². The Hall–Kier alpha value is -1.25. The van der Waals surface area contributed by atoms with Crippen molar-refractivity contribution in [1.29, 1.82) is 0 Å². The summed E-state index contributed by atoms with van der Waals surface area (Å²) in [5, 5.41) is 4.94. The monoisotopic (exact) mass is 302 g/mol. The molecule has 1 aromatic rings. The van der Waals surface area contributed by atoms with E-state index in [0.717, 1.165) is 38.5 Å². The molecule has 0 aromatic carbocycles. The minimum absolute atomic E-state index is 0. The molecule has 1 fully saturated rings. The van der Waals surface area contributed by atoms with E-state index < -0.39 is 5.97 Å². The van der Waals surface area contributed by atoms with Gasteiger partial charge in [-0.3, -0.25) is 9.59 Å². The average molecular weight is 302 g/mol. The molecule has 1 aliphatic rings. The molecule has 1 heterocycles. The standard InChI is InChI=1S/C15H22N2O4.Li.H/c1-11-14(10-20-16-11)15(19)17(21-12(2)18)13-8-6-4-3-5-7-9-13;;/h10,13H,3-9H2,1-2H3;;. The number of carbonyl (C=O) groups excluding carboxylic acids is 2. The van der Waals surface area contributed by atoms with Gasteiger partial charge in [0.05, 0.1) is 11.7 Å². The Kier molecular flexibility index (Phi) is 7.70. The first kappa shape index (κ1) is 18.8. The first-order chi connectivity index (χ1) is 10.1. The van der Waals surface area contributed by atoms with Crippen molar-refractivity contribution < 1.29 is 18.9 Å². The third kappa shape index (κ3) is 4.89. The first-order valence-electron chi connectivity index (χ1n) is 7.52. The molecule has 1 aliphatic carbocycles. The Balaban J connectivity index is 0.00000242. The van der Waals surface area contributed by atoms with Gasteiger partial charge in [-0.2, -0.15) is 5.06 Å². The fourth-order valence-corrected chi connectivity index (χ4v) is 2.71. The van der Waals surface area contributed by atoms with E-state index in [2.05, 4.69) is 5.16 Å². The summed E-state index contributed by atoms with van der Waals surface area (Å²) < 4.78 is 4.82. The third-order valence-electron chi connectivity index (χ3n) is 3.81. The molecule has 0 saturated heterocycles. The summed E-state index contributed by atoms with van der Waals surface area (Å²) in [5.41, 5.74) is 0.848. The zero-order chi connectivity index (χ0) is 15.2. The molecule has 118 valence electrons. The second-order valence-corrected chi connectivity index (χ2v) is 5.53. The number of carbonyl (C=O) groups is 2. The van der Waals surface area contributed by atoms with Crippen molar-refractivity contribution in [3.8, 4) is 0 Å². The van der Waals surface area contributed by atoms with Gasteiger partial charge in [-0.1, -0.05) is 37.3 Å². The third-order valence-corrected chi connectivity index (χ3v) is 3.81. The zero-order valence-electron chi connectivity index (χ0n) is 12.6. The molecule has 0 radical (unpaired) electrons. The summed E-state index contributed by atoms with van der Waals surface area (Å²) in [6, 6.07) is -0.0731. The summed E-state index contributed by atoms with van der Waals surface area (Å²) >= 11 is 0. The molecule has 0 aliphatic heterocycles. The van der Waals surface area contributed by atoms with E-state index in [4.69, 9.17) is 9.36 Å². The van der Waals surface area contributed by atoms with Crippen LogP contribution in [-0.4, -0.2) is 47.0 Å². The minimum atomic E-state index is -0.487. The molecule has 1 saturated carbocycles. The van der Waals surface area contributed by atoms with Crippen LogP contribution in [0.2, 0.25) is 0 Å². The summed E-state index contributed by atoms with van der Waals surface area (Å²) in [6.07, 6.45) is 8.63. The van der Waals surface area contributed by atoms with Crippen molar-refractivity contribution in [3.63, 3.8) is 0 Å². The molecule has 7 heteroatoms. The summed E-state index contributed by atoms with van der Waals surface area (Å²) in [5.74, 6) is -0.839. The molecular formula is C15H23LiN2O4. The topological polar surface area (TPSA) is 72.6 Å². The van der Waals surface area contributed by atoms with Crippen LogP contribution >= 0.6 is 0 Å². The SMILES string of the molecule is CC(=O)ON(C(=O)c1conc1C)C1CCCCCCC1.[LiH]. The van der Waals surface area contributed by atoms with E-state index in [0.29, 0.717) is 11.3 Å². The molecule has 0 bridgehead atoms. The Bertz CT molecular complexity index is 495. The Morgan fingerprint density at radius 2 is 1.82 bits per heavy atom. The van der Waals surface area contributed by atoms with E-state index in [9.17, 15) is 9.59 Å². The zero-order valence-corrected chi connectivity index (χ0v) is 12.6. The molecule has 0 atom stereocenters. The van der Waals surface area contributed by atoms with Gasteiger partial charge in [0.25, 0.3) is 5.91 Å². The molecular weight excluding hydrogens is 279 g/mol. The number of hydrogen-bond acceptors (Lipinski definition) is 5. The van der Waals surface area contributed by atoms with Crippen molar-refractivity contribution >= 4 is 30.7 Å². The fraction of sp³-hybridized carbons (Fsp3) is 0.667. The van der Waals surface area contributed by atoms with Crippen LogP contribution in [0.15, 0.2) is 10.8 Å². The van der Waals surface area contributed by atoms with Gasteiger partial charge >= 0.3 is 24.8 Å². The number of aryl methyl sites for hydroxylation is 1. The van der Waals surface area contributed by atoms with Crippen LogP contribution in [0.4, 0.5) is 0 Å². The Morgan fingerprint density at radius 3 is 2.32 bits per heavy atom. The van der Waals surface area contributed by atoms with Gasteiger partial charge in [-0.15, -0.1) is 0 Å². The molecule has 1 amide bonds. The number of rotatable bonds is 2. The second-order valence-electron chi connectivity index (χ2n) is 5.53. The number of nitrogens with zero attached hydrogens (tertiary/aromatic N) is 2. The van der Waals surface area contributed by atoms with Crippen molar-refractivity contribution in [3.05, 3.63) is 17.5 Å². The summed E-state index contributed by atoms with van der Waals surface area (Å²) in [6.45, 7) is 3.00. The Labute approximate surface area is 142 Å². The van der Waals surface area contributed by atoms with Crippen LogP contribution in [0, 0.1) is 6.92 Å². The van der Waals surface area contributed by atoms with Crippen molar-refractivity contribution in [2.45, 2.75) is 64.8 Å². The molecule has 6 nitrogen and oxygen atoms in total. The van der Waals surface area contributed by atoms with Crippen LogP contribution in [0.1, 0.15) is 67.9 Å². The van der Waals surface area contributed by atoms with Crippen LogP contribution in [0.5, 0.6) is 0 Å². The summed E-state index contributed by atoms with van der Waals surface area (Å²) in [4.78, 5) is 29.2. The molecule has 0 spiro atoms. The van der Waals surface area contributed by atoms with Gasteiger partial charge in [0.15, 0.2) is 0 Å². The van der Waals surface area contributed by atoms with Crippen LogP contribution < -0.4 is 0 Å². The summed E-state index contributed by atoms with van der Waals surface area (Å²) in [7, 11) is 0. The van der Waals surface area contributed by atoms with Gasteiger partial charge in [0, 0.05) is 6.92 Å². The van der Waals surface area contributed by atoms with Crippen molar-refractivity contribution in [2.75, 3.05) is 0 Å². The van der Waals surface area contributed by atoms with Gasteiger partial charge < -0.3 is 9.36 Å². The normalized spacial score (nSPS) is 16.1. The number of aromatic nitrogens is 1. The molecule has 0 unspecified atom stereocenters. The molecule has 2 rings (SSSR count). The predicted octanol–water partition coefficient (Wildman–Crippen LogP) is 2.37. The van der Waals surface area contributed by atoms with Crippen LogP contribution in [0.3, 0.4) is 0 Å². The molecule has 22 heavy (non-hydrogen) atoms. The molecule has 0 N–H and O–H groups in total. The van der Waals surface area contributed by atoms with E-state index in [-0.39, 0.29) is 30.8 Å². The van der Waals surface area contributed by atoms with E-state index in [1.807, 2.05) is 0 Å². The van der Waals surface area contributed by atoms with E-state index in [1.165, 1.54) is 24.7 Å². The maximum atomic E-state index is 12.6. The fourth-order valence-electron chi connectivity index (χ4n) is 2.71. The van der Waals surface area contributed by atoms with Crippen molar-refractivity contribution in [1.82, 2.24) is 10.2 Å². The van der Waals surface area contributed by atoms with E-state index >= 15 is 0 Å². The number of amides is 1. The first-order valence-corrected chi connectivity index (χ1v) is 7.52. The average Bonchev–Trinajstić information content (AvgIpc) is 2.81. The second kappa shape index (κ2) is 9.01. The van der Waals surface area contributed by atoms with Gasteiger partial charge in [-0.25, -0.2) is 0 Å². The number of hydroxylamine groups is 2. The van der Waals surface area contributed by atoms with Gasteiger partial charge in [0.1, 0.15) is 11.8 Å². The Morgan fingerprint density at radius 1 is 1.23 bits per heavy atom. The quantitative estimate of drug-likeness (QED) is 0.619. The van der Waals surface area contributed by atoms with Gasteiger partial charge in [0.2, 0.25) is 0 Å².